The highest BCUT2D eigenvalue weighted by Gasteiger charge is 2.29. The quantitative estimate of drug-likeness (QED) is 0.821. The van der Waals surface area contributed by atoms with E-state index in [4.69, 9.17) is 9.47 Å². The van der Waals surface area contributed by atoms with Crippen molar-refractivity contribution < 1.29 is 19.1 Å². The number of ether oxygens (including phenoxy) is 2. The number of fused-ring (bicyclic) bond motifs is 1. The van der Waals surface area contributed by atoms with Crippen molar-refractivity contribution in [2.24, 2.45) is 5.10 Å². The number of nitrogens with one attached hydrogen (secondary N) is 1. The van der Waals surface area contributed by atoms with Crippen molar-refractivity contribution in [3.63, 3.8) is 0 Å². The van der Waals surface area contributed by atoms with Gasteiger partial charge in [0.05, 0.1) is 12.3 Å². The monoisotopic (exact) mass is 383 g/mol. The number of thioether (sulfide) groups is 1. The van der Waals surface area contributed by atoms with Crippen LogP contribution in [0.2, 0.25) is 0 Å². The highest BCUT2D eigenvalue weighted by Crippen LogP contribution is 2.33. The molecule has 2 aliphatic rings. The minimum absolute atomic E-state index is 0.0541. The Morgan fingerprint density at radius 3 is 2.89 bits per heavy atom. The lowest BCUT2D eigenvalue weighted by Crippen LogP contribution is -2.31. The Bertz CT molecular complexity index is 944. The first-order chi connectivity index (χ1) is 13.1. The van der Waals surface area contributed by atoms with Gasteiger partial charge < -0.3 is 9.47 Å². The molecule has 0 aliphatic carbocycles. The molecule has 0 bridgehead atoms. The molecule has 138 valence electrons. The van der Waals surface area contributed by atoms with Gasteiger partial charge in [0.1, 0.15) is 0 Å². The second kappa shape index (κ2) is 7.32. The third-order valence-corrected chi connectivity index (χ3v) is 5.24. The van der Waals surface area contributed by atoms with Gasteiger partial charge in [-0.05, 0) is 36.2 Å². The number of hydrazone groups is 1. The Labute approximate surface area is 160 Å². The molecule has 27 heavy (non-hydrogen) atoms. The molecular formula is C19H17N3O4S. The molecule has 4 rings (SSSR count). The number of amidine groups is 1. The van der Waals surface area contributed by atoms with Crippen LogP contribution in [-0.4, -0.2) is 34.4 Å². The highest BCUT2D eigenvalue weighted by molar-refractivity contribution is 8.15. The summed E-state index contributed by atoms with van der Waals surface area (Å²) in [5, 5.41) is 4.64. The van der Waals surface area contributed by atoms with Crippen LogP contribution in [0.1, 0.15) is 21.5 Å². The van der Waals surface area contributed by atoms with E-state index in [-0.39, 0.29) is 18.6 Å². The standard InChI is InChI=1S/C19H17N3O4S/c1-12-4-2-3-5-14(12)18(24)20-21-19-22(17(23)10-27-19)9-13-6-7-15-16(8-13)26-11-25-15/h2-8H,9-11H2,1H3,(H,20,24)/b21-19+. The normalized spacial score (nSPS) is 16.9. The van der Waals surface area contributed by atoms with Crippen LogP contribution < -0.4 is 14.9 Å². The van der Waals surface area contributed by atoms with E-state index in [0.29, 0.717) is 34.5 Å². The van der Waals surface area contributed by atoms with Crippen LogP contribution in [0.25, 0.3) is 0 Å². The fourth-order valence-electron chi connectivity index (χ4n) is 2.85. The average Bonchev–Trinajstić information content (AvgIpc) is 3.27. The summed E-state index contributed by atoms with van der Waals surface area (Å²) in [7, 11) is 0. The van der Waals surface area contributed by atoms with Gasteiger partial charge in [-0.1, -0.05) is 36.0 Å². The molecule has 0 unspecified atom stereocenters. The van der Waals surface area contributed by atoms with Crippen LogP contribution in [0.4, 0.5) is 0 Å². The lowest BCUT2D eigenvalue weighted by molar-refractivity contribution is -0.124. The SMILES string of the molecule is Cc1ccccc1C(=O)N/N=C1/SCC(=O)N1Cc1ccc2c(c1)OCO2. The predicted octanol–water partition coefficient (Wildman–Crippen LogP) is 2.50. The minimum atomic E-state index is -0.302. The van der Waals surface area contributed by atoms with Crippen molar-refractivity contribution in [2.45, 2.75) is 13.5 Å². The Kier molecular flexibility index (Phi) is 4.72. The summed E-state index contributed by atoms with van der Waals surface area (Å²) in [6.07, 6.45) is 0. The maximum atomic E-state index is 12.3. The number of nitrogens with zero attached hydrogens (tertiary/aromatic N) is 2. The molecule has 2 aromatic carbocycles. The van der Waals surface area contributed by atoms with Gasteiger partial charge in [0.15, 0.2) is 16.7 Å². The number of carbonyl (C=O) groups is 2. The largest absolute Gasteiger partial charge is 0.454 e. The number of amides is 2. The van der Waals surface area contributed by atoms with E-state index >= 15 is 0 Å². The van der Waals surface area contributed by atoms with E-state index in [1.54, 1.807) is 17.0 Å². The molecule has 1 fully saturated rings. The Morgan fingerprint density at radius 2 is 2.04 bits per heavy atom. The van der Waals surface area contributed by atoms with Gasteiger partial charge in [-0.2, -0.15) is 0 Å². The molecule has 0 atom stereocenters. The molecular weight excluding hydrogens is 366 g/mol. The first-order valence-electron chi connectivity index (χ1n) is 8.37. The van der Waals surface area contributed by atoms with E-state index in [2.05, 4.69) is 10.5 Å². The lowest BCUT2D eigenvalue weighted by atomic mass is 10.1. The van der Waals surface area contributed by atoms with Crippen molar-refractivity contribution in [3.05, 3.63) is 59.2 Å². The Hall–Kier alpha value is -3.00. The molecule has 0 radical (unpaired) electrons. The molecule has 2 heterocycles. The summed E-state index contributed by atoms with van der Waals surface area (Å²) >= 11 is 1.30. The number of benzene rings is 2. The van der Waals surface area contributed by atoms with Gasteiger partial charge >= 0.3 is 0 Å². The maximum Gasteiger partial charge on any atom is 0.271 e. The molecule has 8 heteroatoms. The summed E-state index contributed by atoms with van der Waals surface area (Å²) in [5.41, 5.74) is 4.86. The zero-order chi connectivity index (χ0) is 18.8. The van der Waals surface area contributed by atoms with E-state index in [1.165, 1.54) is 11.8 Å². The number of hydrogen-bond donors (Lipinski definition) is 1. The van der Waals surface area contributed by atoms with Gasteiger partial charge in [-0.3, -0.25) is 14.5 Å². The summed E-state index contributed by atoms with van der Waals surface area (Å²) in [5.74, 6) is 1.30. The Balaban J connectivity index is 1.49. The molecule has 2 aliphatic heterocycles. The molecule has 1 saturated heterocycles. The summed E-state index contributed by atoms with van der Waals surface area (Å²) in [4.78, 5) is 26.1. The van der Waals surface area contributed by atoms with E-state index in [9.17, 15) is 9.59 Å². The molecule has 7 nitrogen and oxygen atoms in total. The number of aryl methyl sites for hydroxylation is 1. The first-order valence-corrected chi connectivity index (χ1v) is 9.36. The Morgan fingerprint density at radius 1 is 1.22 bits per heavy atom. The first kappa shape index (κ1) is 17.4. The second-order valence-electron chi connectivity index (χ2n) is 6.11. The van der Waals surface area contributed by atoms with Crippen LogP contribution in [0.5, 0.6) is 11.5 Å². The van der Waals surface area contributed by atoms with Crippen molar-refractivity contribution in [2.75, 3.05) is 12.5 Å². The zero-order valence-electron chi connectivity index (χ0n) is 14.6. The number of rotatable bonds is 4. The summed E-state index contributed by atoms with van der Waals surface area (Å²) in [6, 6.07) is 12.8. The highest BCUT2D eigenvalue weighted by atomic mass is 32.2. The van der Waals surface area contributed by atoms with Crippen molar-refractivity contribution in [3.8, 4) is 11.5 Å². The number of hydrogen-bond acceptors (Lipinski definition) is 6. The smallest absolute Gasteiger partial charge is 0.271 e. The fourth-order valence-corrected chi connectivity index (χ4v) is 3.69. The molecule has 2 amide bonds. The van der Waals surface area contributed by atoms with Crippen LogP contribution in [0.3, 0.4) is 0 Å². The summed E-state index contributed by atoms with van der Waals surface area (Å²) < 4.78 is 10.7. The van der Waals surface area contributed by atoms with E-state index in [1.807, 2.05) is 37.3 Å². The van der Waals surface area contributed by atoms with Crippen LogP contribution in [-0.2, 0) is 11.3 Å². The van der Waals surface area contributed by atoms with Crippen molar-refractivity contribution >= 4 is 28.7 Å². The van der Waals surface area contributed by atoms with Crippen LogP contribution >= 0.6 is 11.8 Å². The number of carbonyl (C=O) groups excluding carboxylic acids is 2. The van der Waals surface area contributed by atoms with Crippen molar-refractivity contribution in [1.82, 2.24) is 10.3 Å². The minimum Gasteiger partial charge on any atom is -0.454 e. The van der Waals surface area contributed by atoms with Gasteiger partial charge in [-0.25, -0.2) is 5.43 Å². The second-order valence-corrected chi connectivity index (χ2v) is 7.05. The van der Waals surface area contributed by atoms with Crippen LogP contribution in [0.15, 0.2) is 47.6 Å². The fraction of sp³-hybridized carbons (Fsp3) is 0.211. The maximum absolute atomic E-state index is 12.3. The van der Waals surface area contributed by atoms with Crippen molar-refractivity contribution in [1.29, 1.82) is 0 Å². The van der Waals surface area contributed by atoms with E-state index in [0.717, 1.165) is 11.1 Å². The van der Waals surface area contributed by atoms with Gasteiger partial charge in [-0.15, -0.1) is 5.10 Å². The van der Waals surface area contributed by atoms with Gasteiger partial charge in [0.25, 0.3) is 5.91 Å². The predicted molar refractivity (Wildman–Crippen MR) is 102 cm³/mol. The third-order valence-electron chi connectivity index (χ3n) is 4.28. The molecule has 0 saturated carbocycles. The van der Waals surface area contributed by atoms with Gasteiger partial charge in [0.2, 0.25) is 12.7 Å². The average molecular weight is 383 g/mol. The lowest BCUT2D eigenvalue weighted by Gasteiger charge is -2.16. The van der Waals surface area contributed by atoms with Crippen LogP contribution in [0, 0.1) is 6.92 Å². The third kappa shape index (κ3) is 3.61. The molecule has 2 aromatic rings. The molecule has 0 aromatic heterocycles. The topological polar surface area (TPSA) is 80.2 Å². The summed E-state index contributed by atoms with van der Waals surface area (Å²) in [6.45, 7) is 2.41. The van der Waals surface area contributed by atoms with E-state index < -0.39 is 0 Å². The zero-order valence-corrected chi connectivity index (χ0v) is 15.4. The molecule has 0 spiro atoms. The molecule has 1 N–H and O–H groups in total. The van der Waals surface area contributed by atoms with Gasteiger partial charge in [0, 0.05) is 5.56 Å².